The molecule has 0 saturated carbocycles. The first-order valence-corrected chi connectivity index (χ1v) is 8.99. The quantitative estimate of drug-likeness (QED) is 0.790. The maximum atomic E-state index is 12.3. The van der Waals surface area contributed by atoms with Gasteiger partial charge in [-0.05, 0) is 48.2 Å². The molecule has 0 aliphatic heterocycles. The van der Waals surface area contributed by atoms with Crippen LogP contribution in [0, 0.1) is 0 Å². The Morgan fingerprint density at radius 1 is 1.00 bits per heavy atom. The van der Waals surface area contributed by atoms with Gasteiger partial charge in [-0.1, -0.05) is 32.9 Å². The van der Waals surface area contributed by atoms with E-state index >= 15 is 0 Å². The Morgan fingerprint density at radius 3 is 2.19 bits per heavy atom. The zero-order chi connectivity index (χ0) is 20.0. The Hall–Kier alpha value is -2.69. The number of carbonyl (C=O) groups excluding carboxylic acids is 1. The van der Waals surface area contributed by atoms with Crippen molar-refractivity contribution >= 4 is 5.91 Å². The second kappa shape index (κ2) is 8.80. The molecule has 146 valence electrons. The van der Waals surface area contributed by atoms with Crippen molar-refractivity contribution in [3.05, 3.63) is 53.6 Å². The highest BCUT2D eigenvalue weighted by Crippen LogP contribution is 2.29. The van der Waals surface area contributed by atoms with Gasteiger partial charge in [-0.3, -0.25) is 4.79 Å². The van der Waals surface area contributed by atoms with E-state index in [2.05, 4.69) is 26.1 Å². The van der Waals surface area contributed by atoms with E-state index in [9.17, 15) is 4.79 Å². The lowest BCUT2D eigenvalue weighted by atomic mass is 9.87. The van der Waals surface area contributed by atoms with Gasteiger partial charge < -0.3 is 19.5 Å². The fraction of sp³-hybridized carbons (Fsp3) is 0.409. The molecule has 0 heterocycles. The third kappa shape index (κ3) is 5.64. The minimum atomic E-state index is -0.241. The Bertz CT molecular complexity index is 763. The zero-order valence-corrected chi connectivity index (χ0v) is 17.0. The molecular weight excluding hydrogens is 342 g/mol. The largest absolute Gasteiger partial charge is 0.497 e. The van der Waals surface area contributed by atoms with Gasteiger partial charge in [0.1, 0.15) is 17.2 Å². The van der Waals surface area contributed by atoms with Gasteiger partial charge in [0, 0.05) is 5.56 Å². The molecule has 1 amide bonds. The van der Waals surface area contributed by atoms with Crippen molar-refractivity contribution in [2.45, 2.75) is 39.2 Å². The average Bonchev–Trinajstić information content (AvgIpc) is 2.65. The number of hydrogen-bond donors (Lipinski definition) is 1. The van der Waals surface area contributed by atoms with Crippen LogP contribution in [0.15, 0.2) is 42.5 Å². The number of nitrogens with one attached hydrogen (secondary N) is 1. The van der Waals surface area contributed by atoms with Crippen molar-refractivity contribution in [3.63, 3.8) is 0 Å². The fourth-order valence-corrected chi connectivity index (χ4v) is 2.74. The van der Waals surface area contributed by atoms with Gasteiger partial charge in [-0.15, -0.1) is 0 Å². The number of hydrogen-bond acceptors (Lipinski definition) is 4. The predicted octanol–water partition coefficient (Wildman–Crippen LogP) is 4.26. The van der Waals surface area contributed by atoms with Gasteiger partial charge in [0.25, 0.3) is 5.91 Å². The molecule has 1 atom stereocenters. The summed E-state index contributed by atoms with van der Waals surface area (Å²) in [5.74, 6) is 1.88. The minimum Gasteiger partial charge on any atom is -0.497 e. The summed E-state index contributed by atoms with van der Waals surface area (Å²) in [5.41, 5.74) is 2.15. The van der Waals surface area contributed by atoms with Crippen LogP contribution in [-0.2, 0) is 10.2 Å². The topological polar surface area (TPSA) is 56.8 Å². The van der Waals surface area contributed by atoms with E-state index in [-0.39, 0.29) is 24.0 Å². The van der Waals surface area contributed by atoms with Crippen molar-refractivity contribution in [2.24, 2.45) is 0 Å². The standard InChI is InChI=1S/C22H29NO4/c1-15(19-13-18(25-5)11-12-20(19)26-6)23-21(24)14-27-17-9-7-16(8-10-17)22(2,3)4/h7-13,15H,14H2,1-6H3,(H,23,24). The number of methoxy groups -OCH3 is 2. The predicted molar refractivity (Wildman–Crippen MR) is 107 cm³/mol. The minimum absolute atomic E-state index is 0.0501. The van der Waals surface area contributed by atoms with E-state index in [0.29, 0.717) is 17.2 Å². The van der Waals surface area contributed by atoms with Crippen LogP contribution in [0.5, 0.6) is 17.2 Å². The molecule has 0 fully saturated rings. The first kappa shape index (κ1) is 20.6. The molecule has 0 aliphatic carbocycles. The number of rotatable bonds is 7. The molecule has 0 aromatic heterocycles. The van der Waals surface area contributed by atoms with Crippen molar-refractivity contribution in [1.82, 2.24) is 5.32 Å². The lowest BCUT2D eigenvalue weighted by Gasteiger charge is -2.20. The summed E-state index contributed by atoms with van der Waals surface area (Å²) in [6.07, 6.45) is 0. The Labute approximate surface area is 161 Å². The molecule has 2 aromatic rings. The van der Waals surface area contributed by atoms with Gasteiger partial charge in [0.05, 0.1) is 20.3 Å². The average molecular weight is 371 g/mol. The molecule has 0 saturated heterocycles. The fourth-order valence-electron chi connectivity index (χ4n) is 2.74. The van der Waals surface area contributed by atoms with Crippen molar-refractivity contribution in [1.29, 1.82) is 0 Å². The lowest BCUT2D eigenvalue weighted by Crippen LogP contribution is -2.31. The highest BCUT2D eigenvalue weighted by atomic mass is 16.5. The molecule has 1 unspecified atom stereocenters. The molecular formula is C22H29NO4. The van der Waals surface area contributed by atoms with Gasteiger partial charge >= 0.3 is 0 Å². The maximum Gasteiger partial charge on any atom is 0.258 e. The van der Waals surface area contributed by atoms with Crippen LogP contribution in [0.3, 0.4) is 0 Å². The first-order valence-electron chi connectivity index (χ1n) is 8.99. The van der Waals surface area contributed by atoms with Gasteiger partial charge in [0.2, 0.25) is 0 Å². The first-order chi connectivity index (χ1) is 12.7. The van der Waals surface area contributed by atoms with Crippen LogP contribution in [0.2, 0.25) is 0 Å². The van der Waals surface area contributed by atoms with Crippen molar-refractivity contribution in [3.8, 4) is 17.2 Å². The van der Waals surface area contributed by atoms with Crippen LogP contribution in [-0.4, -0.2) is 26.7 Å². The van der Waals surface area contributed by atoms with E-state index < -0.39 is 0 Å². The summed E-state index contributed by atoms with van der Waals surface area (Å²) in [6, 6.07) is 13.1. The number of ether oxygens (including phenoxy) is 3. The highest BCUT2D eigenvalue weighted by Gasteiger charge is 2.16. The molecule has 27 heavy (non-hydrogen) atoms. The number of carbonyl (C=O) groups is 1. The van der Waals surface area contributed by atoms with Gasteiger partial charge in [0.15, 0.2) is 6.61 Å². The highest BCUT2D eigenvalue weighted by molar-refractivity contribution is 5.78. The molecule has 1 N–H and O–H groups in total. The number of amides is 1. The second-order valence-electron chi connectivity index (χ2n) is 7.46. The zero-order valence-electron chi connectivity index (χ0n) is 17.0. The molecule has 0 bridgehead atoms. The summed E-state index contributed by atoms with van der Waals surface area (Å²) >= 11 is 0. The van der Waals surface area contributed by atoms with E-state index in [1.54, 1.807) is 14.2 Å². The van der Waals surface area contributed by atoms with Gasteiger partial charge in [-0.2, -0.15) is 0 Å². The molecule has 0 spiro atoms. The number of benzene rings is 2. The van der Waals surface area contributed by atoms with E-state index in [0.717, 1.165) is 5.56 Å². The van der Waals surface area contributed by atoms with Crippen LogP contribution >= 0.6 is 0 Å². The Balaban J connectivity index is 1.95. The van der Waals surface area contributed by atoms with E-state index in [4.69, 9.17) is 14.2 Å². The third-order valence-corrected chi connectivity index (χ3v) is 4.37. The summed E-state index contributed by atoms with van der Waals surface area (Å²) in [6.45, 7) is 8.32. The van der Waals surface area contributed by atoms with E-state index in [1.807, 2.05) is 49.4 Å². The third-order valence-electron chi connectivity index (χ3n) is 4.37. The Morgan fingerprint density at radius 2 is 1.63 bits per heavy atom. The lowest BCUT2D eigenvalue weighted by molar-refractivity contribution is -0.123. The van der Waals surface area contributed by atoms with Crippen LogP contribution < -0.4 is 19.5 Å². The van der Waals surface area contributed by atoms with Crippen molar-refractivity contribution in [2.75, 3.05) is 20.8 Å². The smallest absolute Gasteiger partial charge is 0.258 e. The summed E-state index contributed by atoms with van der Waals surface area (Å²) in [4.78, 5) is 12.3. The molecule has 0 aliphatic rings. The molecule has 5 heteroatoms. The van der Waals surface area contributed by atoms with Crippen LogP contribution in [0.1, 0.15) is 44.9 Å². The molecule has 2 aromatic carbocycles. The molecule has 0 radical (unpaired) electrons. The normalized spacial score (nSPS) is 12.2. The SMILES string of the molecule is COc1ccc(OC)c(C(C)NC(=O)COc2ccc(C(C)(C)C)cc2)c1. The van der Waals surface area contributed by atoms with Gasteiger partial charge in [-0.25, -0.2) is 0 Å². The monoisotopic (exact) mass is 371 g/mol. The maximum absolute atomic E-state index is 12.3. The van der Waals surface area contributed by atoms with Crippen molar-refractivity contribution < 1.29 is 19.0 Å². The Kier molecular flexibility index (Phi) is 6.72. The molecule has 2 rings (SSSR count). The summed E-state index contributed by atoms with van der Waals surface area (Å²) < 4.78 is 16.2. The van der Waals surface area contributed by atoms with E-state index in [1.165, 1.54) is 5.56 Å². The molecule has 5 nitrogen and oxygen atoms in total. The summed E-state index contributed by atoms with van der Waals surface area (Å²) in [5, 5.41) is 2.93. The summed E-state index contributed by atoms with van der Waals surface area (Å²) in [7, 11) is 3.21. The van der Waals surface area contributed by atoms with Crippen LogP contribution in [0.25, 0.3) is 0 Å². The van der Waals surface area contributed by atoms with Crippen LogP contribution in [0.4, 0.5) is 0 Å². The second-order valence-corrected chi connectivity index (χ2v) is 7.46.